The molecule has 0 saturated heterocycles. The minimum atomic E-state index is -1.97. The molecule has 0 bridgehead atoms. The lowest BCUT2D eigenvalue weighted by molar-refractivity contribution is -0.117. The summed E-state index contributed by atoms with van der Waals surface area (Å²) in [4.78, 5) is 28.8. The Morgan fingerprint density at radius 2 is 2.18 bits per heavy atom. The third-order valence-corrected chi connectivity index (χ3v) is 1.87. The summed E-state index contributed by atoms with van der Waals surface area (Å²) < 4.78 is 0. The zero-order valence-electron chi connectivity index (χ0n) is 6.60. The highest BCUT2D eigenvalue weighted by Gasteiger charge is 2.05. The molecule has 0 radical (unpaired) electrons. The van der Waals surface area contributed by atoms with Crippen molar-refractivity contribution in [1.82, 2.24) is 4.90 Å². The molecule has 0 spiro atoms. The molecular weight excluding hydrogens is 165 g/mol. The van der Waals surface area contributed by atoms with Gasteiger partial charge in [-0.05, 0) is 6.42 Å². The second kappa shape index (κ2) is 6.53. The summed E-state index contributed by atoms with van der Waals surface area (Å²) in [5.74, 6) is 0. The molecule has 0 aliphatic rings. The summed E-state index contributed by atoms with van der Waals surface area (Å²) in [6.45, 7) is 2.63. The molecule has 0 aromatic rings. The Morgan fingerprint density at radius 3 is 2.55 bits per heavy atom. The molecule has 1 amide bonds. The molecule has 0 atom stereocenters. The van der Waals surface area contributed by atoms with Gasteiger partial charge in [0.25, 0.3) is 0 Å². The molecule has 11 heavy (non-hydrogen) atoms. The van der Waals surface area contributed by atoms with Crippen molar-refractivity contribution in [2.24, 2.45) is 0 Å². The molecule has 0 rings (SSSR count). The third-order valence-electron chi connectivity index (χ3n) is 1.26. The van der Waals surface area contributed by atoms with E-state index in [1.54, 1.807) is 0 Å². The highest BCUT2D eigenvalue weighted by molar-refractivity contribution is 7.45. The Labute approximate surface area is 67.7 Å². The van der Waals surface area contributed by atoms with Crippen LogP contribution in [0.25, 0.3) is 0 Å². The fourth-order valence-corrected chi connectivity index (χ4v) is 1.21. The van der Waals surface area contributed by atoms with Crippen LogP contribution in [0.4, 0.5) is 0 Å². The molecule has 0 heterocycles. The molecule has 2 N–H and O–H groups in total. The summed E-state index contributed by atoms with van der Waals surface area (Å²) in [5.41, 5.74) is 0. The first-order valence-electron chi connectivity index (χ1n) is 3.55. The maximum atomic E-state index is 10.3. The van der Waals surface area contributed by atoms with Gasteiger partial charge in [-0.2, -0.15) is 0 Å². The average molecular weight is 179 g/mol. The molecule has 0 fully saturated rings. The molecule has 0 aromatic carbocycles. The number of nitrogens with zero attached hydrogens (tertiary/aromatic N) is 1. The molecule has 4 nitrogen and oxygen atoms in total. The Morgan fingerprint density at radius 1 is 1.55 bits per heavy atom. The van der Waals surface area contributed by atoms with Gasteiger partial charge in [0.1, 0.15) is 0 Å². The van der Waals surface area contributed by atoms with Gasteiger partial charge in [-0.3, -0.25) is 4.79 Å². The van der Waals surface area contributed by atoms with Crippen LogP contribution in [0.2, 0.25) is 0 Å². The summed E-state index contributed by atoms with van der Waals surface area (Å²) >= 11 is 0. The van der Waals surface area contributed by atoms with Crippen LogP contribution in [0, 0.1) is 0 Å². The van der Waals surface area contributed by atoms with Crippen molar-refractivity contribution in [3.05, 3.63) is 0 Å². The first-order chi connectivity index (χ1) is 5.20. The monoisotopic (exact) mass is 179 g/mol. The predicted molar refractivity (Wildman–Crippen MR) is 43.9 cm³/mol. The zero-order valence-corrected chi connectivity index (χ0v) is 7.50. The largest absolute Gasteiger partial charge is 0.349 e. The standard InChI is InChI=1S/C6H14NO3P/c1-2-3-4-7(5-8)6-11(9)10/h5,9-10H,2-4,6H2,1H3. The van der Waals surface area contributed by atoms with Crippen molar-refractivity contribution >= 4 is 14.8 Å². The summed E-state index contributed by atoms with van der Waals surface area (Å²) in [6, 6.07) is 0. The lowest BCUT2D eigenvalue weighted by Crippen LogP contribution is -2.23. The fraction of sp³-hybridized carbons (Fsp3) is 0.833. The Kier molecular flexibility index (Phi) is 6.42. The lowest BCUT2D eigenvalue weighted by Gasteiger charge is -2.16. The van der Waals surface area contributed by atoms with E-state index in [2.05, 4.69) is 0 Å². The molecule has 0 aliphatic carbocycles. The van der Waals surface area contributed by atoms with Crippen LogP contribution < -0.4 is 0 Å². The number of rotatable bonds is 6. The van der Waals surface area contributed by atoms with E-state index in [0.717, 1.165) is 12.8 Å². The van der Waals surface area contributed by atoms with Gasteiger partial charge in [0, 0.05) is 6.54 Å². The van der Waals surface area contributed by atoms with Gasteiger partial charge in [0.15, 0.2) is 8.38 Å². The maximum absolute atomic E-state index is 10.3. The van der Waals surface area contributed by atoms with Crippen molar-refractivity contribution in [3.63, 3.8) is 0 Å². The van der Waals surface area contributed by atoms with E-state index in [1.807, 2.05) is 6.92 Å². The van der Waals surface area contributed by atoms with Gasteiger partial charge in [-0.25, -0.2) is 0 Å². The highest BCUT2D eigenvalue weighted by Crippen LogP contribution is 2.23. The number of unbranched alkanes of at least 4 members (excludes halogenated alkanes) is 1. The van der Waals surface area contributed by atoms with E-state index in [4.69, 9.17) is 9.79 Å². The van der Waals surface area contributed by atoms with E-state index in [1.165, 1.54) is 4.90 Å². The summed E-state index contributed by atoms with van der Waals surface area (Å²) in [5, 5.41) is 0. The van der Waals surface area contributed by atoms with E-state index in [9.17, 15) is 4.79 Å². The molecule has 0 unspecified atom stereocenters. The number of amides is 1. The Hall–Kier alpha value is -0.180. The first-order valence-corrected chi connectivity index (χ1v) is 4.98. The SMILES string of the molecule is CCCCN(C=O)CP(O)O. The smallest absolute Gasteiger partial charge is 0.210 e. The number of hydrogen-bond acceptors (Lipinski definition) is 3. The van der Waals surface area contributed by atoms with Crippen molar-refractivity contribution in [2.45, 2.75) is 19.8 Å². The summed E-state index contributed by atoms with van der Waals surface area (Å²) in [7, 11) is -1.97. The van der Waals surface area contributed by atoms with Gasteiger partial charge < -0.3 is 14.7 Å². The van der Waals surface area contributed by atoms with Crippen molar-refractivity contribution in [2.75, 3.05) is 12.8 Å². The quantitative estimate of drug-likeness (QED) is 0.461. The third kappa shape index (κ3) is 6.23. The van der Waals surface area contributed by atoms with Gasteiger partial charge >= 0.3 is 0 Å². The van der Waals surface area contributed by atoms with E-state index in [-0.39, 0.29) is 6.29 Å². The molecule has 66 valence electrons. The van der Waals surface area contributed by atoms with Crippen LogP contribution in [0.5, 0.6) is 0 Å². The van der Waals surface area contributed by atoms with Crippen LogP contribution in [0.3, 0.4) is 0 Å². The van der Waals surface area contributed by atoms with Gasteiger partial charge in [0.05, 0.1) is 6.29 Å². The Balaban J connectivity index is 3.49. The first kappa shape index (κ1) is 10.8. The second-order valence-electron chi connectivity index (χ2n) is 2.29. The van der Waals surface area contributed by atoms with E-state index in [0.29, 0.717) is 13.0 Å². The Bertz CT molecular complexity index is 110. The van der Waals surface area contributed by atoms with E-state index < -0.39 is 8.38 Å². The predicted octanol–water partition coefficient (Wildman–Crippen LogP) is 0.499. The van der Waals surface area contributed by atoms with Crippen molar-refractivity contribution in [1.29, 1.82) is 0 Å². The molecule has 0 aromatic heterocycles. The molecular formula is C6H14NO3P. The maximum Gasteiger partial charge on any atom is 0.210 e. The van der Waals surface area contributed by atoms with Crippen molar-refractivity contribution in [3.8, 4) is 0 Å². The lowest BCUT2D eigenvalue weighted by atomic mass is 10.3. The summed E-state index contributed by atoms with van der Waals surface area (Å²) in [6.07, 6.45) is 2.62. The van der Waals surface area contributed by atoms with E-state index >= 15 is 0 Å². The topological polar surface area (TPSA) is 60.8 Å². The van der Waals surface area contributed by atoms with Gasteiger partial charge in [-0.1, -0.05) is 13.3 Å². The highest BCUT2D eigenvalue weighted by atomic mass is 31.2. The zero-order chi connectivity index (χ0) is 8.69. The van der Waals surface area contributed by atoms with Crippen LogP contribution in [-0.2, 0) is 4.79 Å². The number of hydrogen-bond donors (Lipinski definition) is 2. The van der Waals surface area contributed by atoms with Crippen LogP contribution in [-0.4, -0.2) is 33.9 Å². The van der Waals surface area contributed by atoms with Crippen LogP contribution in [0.15, 0.2) is 0 Å². The normalized spacial score (nSPS) is 10.2. The average Bonchev–Trinajstić information content (AvgIpc) is 1.97. The molecule has 0 aliphatic heterocycles. The minimum Gasteiger partial charge on any atom is -0.349 e. The fourth-order valence-electron chi connectivity index (χ4n) is 0.680. The number of carbonyl (C=O) groups excluding carboxylic acids is 1. The van der Waals surface area contributed by atoms with Crippen LogP contribution >= 0.6 is 8.38 Å². The van der Waals surface area contributed by atoms with Gasteiger partial charge in [-0.15, -0.1) is 0 Å². The van der Waals surface area contributed by atoms with Crippen molar-refractivity contribution < 1.29 is 14.6 Å². The van der Waals surface area contributed by atoms with Crippen LogP contribution in [0.1, 0.15) is 19.8 Å². The molecule has 5 heteroatoms. The van der Waals surface area contributed by atoms with Gasteiger partial charge in [0.2, 0.25) is 6.41 Å². The second-order valence-corrected chi connectivity index (χ2v) is 3.31. The molecule has 0 saturated carbocycles. The number of carbonyl (C=O) groups is 1. The minimum absolute atomic E-state index is 0.0683.